The molecule has 0 N–H and O–H groups in total. The highest BCUT2D eigenvalue weighted by Crippen LogP contribution is 2.23. The van der Waals surface area contributed by atoms with Crippen LogP contribution in [0.5, 0.6) is 0 Å². The molecule has 1 aliphatic heterocycles. The monoisotopic (exact) mass is 273 g/mol. The van der Waals surface area contributed by atoms with Crippen LogP contribution in [0.15, 0.2) is 24.3 Å². The van der Waals surface area contributed by atoms with E-state index in [0.717, 1.165) is 5.92 Å². The Labute approximate surface area is 125 Å². The molecule has 112 valence electrons. The number of hydrogen-bond acceptors (Lipinski definition) is 1. The van der Waals surface area contributed by atoms with Crippen LogP contribution < -0.4 is 0 Å². The minimum absolute atomic E-state index is 0.258. The minimum atomic E-state index is 0.258. The van der Waals surface area contributed by atoms with Gasteiger partial charge in [-0.25, -0.2) is 0 Å². The first-order chi connectivity index (χ1) is 9.49. The molecule has 0 spiro atoms. The summed E-state index contributed by atoms with van der Waals surface area (Å²) < 4.78 is 0. The molecule has 1 fully saturated rings. The van der Waals surface area contributed by atoms with Crippen molar-refractivity contribution in [1.82, 2.24) is 4.90 Å². The number of hydrogen-bond donors (Lipinski definition) is 0. The lowest BCUT2D eigenvalue weighted by Crippen LogP contribution is -2.36. The Bertz CT molecular complexity index is 416. The Kier molecular flexibility index (Phi) is 5.26. The third-order valence-electron chi connectivity index (χ3n) is 4.69. The standard InChI is InChI=1S/C19H31N/c1-5-16-9-7-12-20(15-16)13-11-17-8-6-10-18(14-17)19(2,3)4/h6,8,10,14,16H,5,7,9,11-13,15H2,1-4H3. The summed E-state index contributed by atoms with van der Waals surface area (Å²) in [5, 5.41) is 0. The molecule has 1 aromatic carbocycles. The Morgan fingerprint density at radius 3 is 2.75 bits per heavy atom. The first kappa shape index (κ1) is 15.6. The Morgan fingerprint density at radius 2 is 2.05 bits per heavy atom. The van der Waals surface area contributed by atoms with E-state index in [4.69, 9.17) is 0 Å². The molecule has 0 saturated carbocycles. The van der Waals surface area contributed by atoms with Crippen molar-refractivity contribution in [3.8, 4) is 0 Å². The molecule has 1 unspecified atom stereocenters. The predicted molar refractivity (Wildman–Crippen MR) is 88.3 cm³/mol. The van der Waals surface area contributed by atoms with Gasteiger partial charge in [0.2, 0.25) is 0 Å². The smallest absolute Gasteiger partial charge is 0.00219 e. The zero-order chi connectivity index (χ0) is 14.6. The van der Waals surface area contributed by atoms with Crippen molar-refractivity contribution in [2.24, 2.45) is 5.92 Å². The number of likely N-dealkylation sites (tertiary alicyclic amines) is 1. The fourth-order valence-electron chi connectivity index (χ4n) is 3.17. The van der Waals surface area contributed by atoms with E-state index in [0.29, 0.717) is 0 Å². The summed E-state index contributed by atoms with van der Waals surface area (Å²) in [7, 11) is 0. The molecule has 0 aliphatic carbocycles. The lowest BCUT2D eigenvalue weighted by molar-refractivity contribution is 0.173. The van der Waals surface area contributed by atoms with Crippen LogP contribution >= 0.6 is 0 Å². The first-order valence-electron chi connectivity index (χ1n) is 8.31. The highest BCUT2D eigenvalue weighted by Gasteiger charge is 2.18. The molecule has 1 aliphatic rings. The topological polar surface area (TPSA) is 3.24 Å². The predicted octanol–water partition coefficient (Wildman–Crippen LogP) is 4.65. The Balaban J connectivity index is 1.91. The number of nitrogens with zero attached hydrogens (tertiary/aromatic N) is 1. The summed E-state index contributed by atoms with van der Waals surface area (Å²) in [4.78, 5) is 2.67. The van der Waals surface area contributed by atoms with E-state index in [-0.39, 0.29) is 5.41 Å². The minimum Gasteiger partial charge on any atom is -0.303 e. The van der Waals surface area contributed by atoms with Gasteiger partial charge >= 0.3 is 0 Å². The van der Waals surface area contributed by atoms with Crippen LogP contribution in [-0.4, -0.2) is 24.5 Å². The first-order valence-corrected chi connectivity index (χ1v) is 8.31. The van der Waals surface area contributed by atoms with Gasteiger partial charge < -0.3 is 4.90 Å². The van der Waals surface area contributed by atoms with E-state index >= 15 is 0 Å². The Morgan fingerprint density at radius 1 is 1.25 bits per heavy atom. The highest BCUT2D eigenvalue weighted by molar-refractivity contribution is 5.28. The van der Waals surface area contributed by atoms with Gasteiger partial charge in [-0.15, -0.1) is 0 Å². The molecule has 0 aromatic heterocycles. The maximum absolute atomic E-state index is 2.67. The molecule has 1 heterocycles. The fourth-order valence-corrected chi connectivity index (χ4v) is 3.17. The quantitative estimate of drug-likeness (QED) is 0.772. The lowest BCUT2D eigenvalue weighted by Gasteiger charge is -2.32. The summed E-state index contributed by atoms with van der Waals surface area (Å²) in [6.07, 6.45) is 5.36. The van der Waals surface area contributed by atoms with Crippen LogP contribution in [-0.2, 0) is 11.8 Å². The van der Waals surface area contributed by atoms with E-state index in [9.17, 15) is 0 Å². The average Bonchev–Trinajstić information content (AvgIpc) is 2.45. The highest BCUT2D eigenvalue weighted by atomic mass is 15.1. The molecule has 1 heteroatoms. The average molecular weight is 273 g/mol. The molecular formula is C19H31N. The third kappa shape index (κ3) is 4.34. The van der Waals surface area contributed by atoms with Gasteiger partial charge in [0.15, 0.2) is 0 Å². The van der Waals surface area contributed by atoms with Gasteiger partial charge in [-0.1, -0.05) is 58.4 Å². The lowest BCUT2D eigenvalue weighted by atomic mass is 9.86. The van der Waals surface area contributed by atoms with Crippen LogP contribution in [0.4, 0.5) is 0 Å². The van der Waals surface area contributed by atoms with Gasteiger partial charge in [0.05, 0.1) is 0 Å². The molecule has 0 amide bonds. The second-order valence-electron chi connectivity index (χ2n) is 7.42. The number of benzene rings is 1. The van der Waals surface area contributed by atoms with Crippen LogP contribution in [0.1, 0.15) is 58.1 Å². The maximum atomic E-state index is 2.67. The fraction of sp³-hybridized carbons (Fsp3) is 0.684. The van der Waals surface area contributed by atoms with Gasteiger partial charge in [-0.05, 0) is 48.3 Å². The van der Waals surface area contributed by atoms with Gasteiger partial charge in [-0.2, -0.15) is 0 Å². The molecule has 20 heavy (non-hydrogen) atoms. The molecule has 0 bridgehead atoms. The third-order valence-corrected chi connectivity index (χ3v) is 4.69. The van der Waals surface area contributed by atoms with E-state index in [1.54, 1.807) is 0 Å². The molecule has 1 aromatic rings. The van der Waals surface area contributed by atoms with E-state index in [1.165, 1.54) is 56.4 Å². The van der Waals surface area contributed by atoms with Gasteiger partial charge in [-0.3, -0.25) is 0 Å². The summed E-state index contributed by atoms with van der Waals surface area (Å²) in [5.41, 5.74) is 3.21. The van der Waals surface area contributed by atoms with E-state index in [1.807, 2.05) is 0 Å². The summed E-state index contributed by atoms with van der Waals surface area (Å²) >= 11 is 0. The largest absolute Gasteiger partial charge is 0.303 e. The summed E-state index contributed by atoms with van der Waals surface area (Å²) in [5.74, 6) is 0.935. The summed E-state index contributed by atoms with van der Waals surface area (Å²) in [6, 6.07) is 9.18. The zero-order valence-corrected chi connectivity index (χ0v) is 13.8. The van der Waals surface area contributed by atoms with Crippen LogP contribution in [0.2, 0.25) is 0 Å². The van der Waals surface area contributed by atoms with Crippen molar-refractivity contribution in [1.29, 1.82) is 0 Å². The van der Waals surface area contributed by atoms with Gasteiger partial charge in [0.25, 0.3) is 0 Å². The number of piperidine rings is 1. The second kappa shape index (κ2) is 6.76. The van der Waals surface area contributed by atoms with Crippen molar-refractivity contribution in [2.45, 2.75) is 58.8 Å². The van der Waals surface area contributed by atoms with Crippen molar-refractivity contribution in [3.05, 3.63) is 35.4 Å². The Hall–Kier alpha value is -0.820. The van der Waals surface area contributed by atoms with Crippen LogP contribution in [0.3, 0.4) is 0 Å². The molecule has 1 nitrogen and oxygen atoms in total. The number of rotatable bonds is 4. The molecule has 1 atom stereocenters. The van der Waals surface area contributed by atoms with E-state index < -0.39 is 0 Å². The normalized spacial score (nSPS) is 21.1. The van der Waals surface area contributed by atoms with Gasteiger partial charge in [0, 0.05) is 13.1 Å². The van der Waals surface area contributed by atoms with Crippen molar-refractivity contribution >= 4 is 0 Å². The zero-order valence-electron chi connectivity index (χ0n) is 13.8. The van der Waals surface area contributed by atoms with Crippen LogP contribution in [0, 0.1) is 5.92 Å². The van der Waals surface area contributed by atoms with Gasteiger partial charge in [0.1, 0.15) is 0 Å². The molecular weight excluding hydrogens is 242 g/mol. The van der Waals surface area contributed by atoms with Crippen molar-refractivity contribution < 1.29 is 0 Å². The molecule has 0 radical (unpaired) electrons. The molecule has 2 rings (SSSR count). The van der Waals surface area contributed by atoms with Crippen LogP contribution in [0.25, 0.3) is 0 Å². The van der Waals surface area contributed by atoms with Crippen molar-refractivity contribution in [3.63, 3.8) is 0 Å². The second-order valence-corrected chi connectivity index (χ2v) is 7.42. The SMILES string of the molecule is CCC1CCCN(CCc2cccc(C(C)(C)C)c2)C1. The summed E-state index contributed by atoms with van der Waals surface area (Å²) in [6.45, 7) is 13.1. The van der Waals surface area contributed by atoms with Crippen molar-refractivity contribution in [2.75, 3.05) is 19.6 Å². The maximum Gasteiger partial charge on any atom is 0.00219 e. The molecule has 1 saturated heterocycles. The van der Waals surface area contributed by atoms with E-state index in [2.05, 4.69) is 56.9 Å².